The van der Waals surface area contributed by atoms with Crippen LogP contribution in [0.1, 0.15) is 17.0 Å². The zero-order valence-electron chi connectivity index (χ0n) is 12.2. The number of rotatable bonds is 6. The lowest BCUT2D eigenvalue weighted by Crippen LogP contribution is -2.43. The minimum Gasteiger partial charge on any atom is -0.394 e. The number of benzene rings is 2. The first-order valence-electron chi connectivity index (χ1n) is 7.10. The molecule has 0 radical (unpaired) electrons. The Bertz CT molecular complexity index is 570. The molecule has 4 N–H and O–H groups in total. The fourth-order valence-electron chi connectivity index (χ4n) is 2.46. The third kappa shape index (κ3) is 4.11. The number of hydrogen-bond donors (Lipinski definition) is 4. The van der Waals surface area contributed by atoms with Gasteiger partial charge in [-0.15, -0.1) is 0 Å². The summed E-state index contributed by atoms with van der Waals surface area (Å²) in [4.78, 5) is 0. The Kier molecular flexibility index (Phi) is 5.79. The summed E-state index contributed by atoms with van der Waals surface area (Å²) in [6, 6.07) is 10.5. The van der Waals surface area contributed by atoms with Gasteiger partial charge < -0.3 is 20.4 Å². The summed E-state index contributed by atoms with van der Waals surface area (Å²) in [6.45, 7) is -0.724. The Morgan fingerprint density at radius 1 is 0.696 bits per heavy atom. The standard InChI is InChI=1S/C17H18F2O4/c18-12-5-1-10(2-6-12)15(11-3-7-13(19)8-4-11)17(23)16(22)14(21)9-20/h1-8,14-17,20-23H,9H2/t14-,16+,17+/m1/s1. The molecule has 0 bridgehead atoms. The Balaban J connectivity index is 2.42. The van der Waals surface area contributed by atoms with Crippen LogP contribution in [0.3, 0.4) is 0 Å². The van der Waals surface area contributed by atoms with E-state index >= 15 is 0 Å². The van der Waals surface area contributed by atoms with E-state index in [2.05, 4.69) is 0 Å². The maximum atomic E-state index is 13.1. The largest absolute Gasteiger partial charge is 0.394 e. The predicted octanol–water partition coefficient (Wildman–Crippen LogP) is 1.17. The molecule has 2 aromatic carbocycles. The quantitative estimate of drug-likeness (QED) is 0.643. The number of halogens is 2. The van der Waals surface area contributed by atoms with Crippen molar-refractivity contribution in [2.75, 3.05) is 6.61 Å². The van der Waals surface area contributed by atoms with Gasteiger partial charge in [0.15, 0.2) is 0 Å². The SMILES string of the molecule is OC[C@@H](O)[C@H](O)[C@@H](O)C(c1ccc(F)cc1)c1ccc(F)cc1. The van der Waals surface area contributed by atoms with Crippen LogP contribution in [0, 0.1) is 11.6 Å². The maximum Gasteiger partial charge on any atom is 0.123 e. The lowest BCUT2D eigenvalue weighted by atomic mass is 9.83. The molecule has 0 fully saturated rings. The smallest absolute Gasteiger partial charge is 0.123 e. The highest BCUT2D eigenvalue weighted by atomic mass is 19.1. The van der Waals surface area contributed by atoms with Crippen molar-refractivity contribution in [3.05, 3.63) is 71.3 Å². The summed E-state index contributed by atoms with van der Waals surface area (Å²) in [6.07, 6.45) is -4.64. The van der Waals surface area contributed by atoms with E-state index in [1.54, 1.807) is 0 Å². The Morgan fingerprint density at radius 3 is 1.43 bits per heavy atom. The Morgan fingerprint density at radius 2 is 1.09 bits per heavy atom. The van der Waals surface area contributed by atoms with Crippen LogP contribution in [-0.2, 0) is 0 Å². The van der Waals surface area contributed by atoms with Gasteiger partial charge in [-0.3, -0.25) is 0 Å². The van der Waals surface area contributed by atoms with Crippen molar-refractivity contribution in [1.82, 2.24) is 0 Å². The van der Waals surface area contributed by atoms with Crippen LogP contribution in [0.15, 0.2) is 48.5 Å². The molecule has 0 unspecified atom stereocenters. The molecule has 3 atom stereocenters. The molecule has 23 heavy (non-hydrogen) atoms. The lowest BCUT2D eigenvalue weighted by molar-refractivity contribution is -0.0806. The molecule has 124 valence electrons. The van der Waals surface area contributed by atoms with Crippen molar-refractivity contribution < 1.29 is 29.2 Å². The van der Waals surface area contributed by atoms with E-state index in [0.29, 0.717) is 11.1 Å². The molecule has 0 aliphatic heterocycles. The highest BCUT2D eigenvalue weighted by Crippen LogP contribution is 2.31. The van der Waals surface area contributed by atoms with Crippen molar-refractivity contribution in [2.24, 2.45) is 0 Å². The molecule has 0 heterocycles. The number of hydrogen-bond acceptors (Lipinski definition) is 4. The van der Waals surface area contributed by atoms with Gasteiger partial charge in [-0.25, -0.2) is 8.78 Å². The minimum atomic E-state index is -1.62. The van der Waals surface area contributed by atoms with E-state index in [4.69, 9.17) is 5.11 Å². The van der Waals surface area contributed by atoms with Gasteiger partial charge in [0.2, 0.25) is 0 Å². The third-order valence-corrected chi connectivity index (χ3v) is 3.73. The first kappa shape index (κ1) is 17.5. The number of aliphatic hydroxyl groups is 4. The third-order valence-electron chi connectivity index (χ3n) is 3.73. The topological polar surface area (TPSA) is 80.9 Å². The van der Waals surface area contributed by atoms with Crippen LogP contribution >= 0.6 is 0 Å². The molecule has 0 amide bonds. The molecule has 0 spiro atoms. The highest BCUT2D eigenvalue weighted by Gasteiger charge is 2.33. The Hall–Kier alpha value is -1.86. The maximum absolute atomic E-state index is 13.1. The fourth-order valence-corrected chi connectivity index (χ4v) is 2.46. The van der Waals surface area contributed by atoms with Gasteiger partial charge in [-0.1, -0.05) is 24.3 Å². The highest BCUT2D eigenvalue weighted by molar-refractivity contribution is 5.34. The molecule has 0 saturated heterocycles. The van der Waals surface area contributed by atoms with Gasteiger partial charge in [-0.05, 0) is 35.4 Å². The zero-order valence-corrected chi connectivity index (χ0v) is 12.2. The fraction of sp³-hybridized carbons (Fsp3) is 0.294. The van der Waals surface area contributed by atoms with Gasteiger partial charge in [0.1, 0.15) is 23.8 Å². The average Bonchev–Trinajstić information content (AvgIpc) is 2.57. The minimum absolute atomic E-state index is 0.461. The second-order valence-electron chi connectivity index (χ2n) is 5.31. The summed E-state index contributed by atoms with van der Waals surface area (Å²) < 4.78 is 26.2. The molecule has 4 nitrogen and oxygen atoms in total. The Labute approximate surface area is 132 Å². The second kappa shape index (κ2) is 7.61. The van der Waals surface area contributed by atoms with Crippen LogP contribution < -0.4 is 0 Å². The van der Waals surface area contributed by atoms with Gasteiger partial charge in [0.05, 0.1) is 12.7 Å². The van der Waals surface area contributed by atoms with Crippen molar-refractivity contribution in [1.29, 1.82) is 0 Å². The van der Waals surface area contributed by atoms with E-state index in [1.807, 2.05) is 0 Å². The van der Waals surface area contributed by atoms with Crippen LogP contribution in [0.5, 0.6) is 0 Å². The van der Waals surface area contributed by atoms with Crippen molar-refractivity contribution >= 4 is 0 Å². The van der Waals surface area contributed by atoms with E-state index in [-0.39, 0.29) is 0 Å². The summed E-state index contributed by atoms with van der Waals surface area (Å²) in [5.41, 5.74) is 0.962. The lowest BCUT2D eigenvalue weighted by Gasteiger charge is -2.29. The summed E-state index contributed by atoms with van der Waals surface area (Å²) in [5.74, 6) is -1.75. The van der Waals surface area contributed by atoms with Gasteiger partial charge >= 0.3 is 0 Å². The van der Waals surface area contributed by atoms with Crippen LogP contribution in [0.4, 0.5) is 8.78 Å². The molecule has 6 heteroatoms. The molecule has 0 aromatic heterocycles. The number of aliphatic hydroxyl groups excluding tert-OH is 4. The molecule has 2 aromatic rings. The van der Waals surface area contributed by atoms with Crippen molar-refractivity contribution in [3.8, 4) is 0 Å². The molecular formula is C17H18F2O4. The van der Waals surface area contributed by atoms with Crippen molar-refractivity contribution in [2.45, 2.75) is 24.2 Å². The first-order chi connectivity index (χ1) is 10.9. The summed E-state index contributed by atoms with van der Waals surface area (Å²) >= 11 is 0. The first-order valence-corrected chi connectivity index (χ1v) is 7.10. The van der Waals surface area contributed by atoms with Gasteiger partial charge in [-0.2, -0.15) is 0 Å². The molecule has 0 aliphatic carbocycles. The monoisotopic (exact) mass is 324 g/mol. The van der Waals surface area contributed by atoms with E-state index < -0.39 is 42.5 Å². The average molecular weight is 324 g/mol. The molecular weight excluding hydrogens is 306 g/mol. The van der Waals surface area contributed by atoms with Crippen LogP contribution in [0.25, 0.3) is 0 Å². The van der Waals surface area contributed by atoms with Gasteiger partial charge in [0.25, 0.3) is 0 Å². The molecule has 0 aliphatic rings. The van der Waals surface area contributed by atoms with E-state index in [1.165, 1.54) is 48.5 Å². The molecule has 0 saturated carbocycles. The summed E-state index contributed by atoms with van der Waals surface area (Å²) in [5, 5.41) is 38.9. The second-order valence-corrected chi connectivity index (χ2v) is 5.31. The van der Waals surface area contributed by atoms with Crippen LogP contribution in [-0.4, -0.2) is 45.3 Å². The van der Waals surface area contributed by atoms with E-state index in [9.17, 15) is 24.1 Å². The van der Waals surface area contributed by atoms with Crippen molar-refractivity contribution in [3.63, 3.8) is 0 Å². The van der Waals surface area contributed by atoms with E-state index in [0.717, 1.165) is 0 Å². The van der Waals surface area contributed by atoms with Gasteiger partial charge in [0, 0.05) is 5.92 Å². The normalized spacial score (nSPS) is 15.4. The van der Waals surface area contributed by atoms with Crippen LogP contribution in [0.2, 0.25) is 0 Å². The predicted molar refractivity (Wildman–Crippen MR) is 79.7 cm³/mol. The molecule has 2 rings (SSSR count). The zero-order chi connectivity index (χ0) is 17.0. The summed E-state index contributed by atoms with van der Waals surface area (Å²) in [7, 11) is 0.